The molecule has 4 heteroatoms. The van der Waals surface area contributed by atoms with Crippen molar-refractivity contribution in [2.24, 2.45) is 0 Å². The topological polar surface area (TPSA) is 23.6 Å². The van der Waals surface area contributed by atoms with Crippen LogP contribution in [0.25, 0.3) is 0 Å². The Hall–Kier alpha value is -1.39. The number of quaternary nitrogens is 1. The summed E-state index contributed by atoms with van der Waals surface area (Å²) in [6.07, 6.45) is 0. The van der Waals surface area contributed by atoms with E-state index in [0.29, 0.717) is 0 Å². The number of likely N-dealkylation sites (N-methyl/N-ethyl adjacent to an activating group) is 1. The highest BCUT2D eigenvalue weighted by Gasteiger charge is 2.46. The Morgan fingerprint density at radius 3 is 2.29 bits per heavy atom. The van der Waals surface area contributed by atoms with E-state index in [9.17, 15) is 4.79 Å². The van der Waals surface area contributed by atoms with E-state index >= 15 is 0 Å². The zero-order chi connectivity index (χ0) is 14.9. The highest BCUT2D eigenvalue weighted by Crippen LogP contribution is 2.26. The zero-order valence-electron chi connectivity index (χ0n) is 13.2. The van der Waals surface area contributed by atoms with E-state index in [4.69, 9.17) is 0 Å². The van der Waals surface area contributed by atoms with Gasteiger partial charge >= 0.3 is 0 Å². The molecule has 3 heterocycles. The van der Waals surface area contributed by atoms with E-state index in [1.807, 2.05) is 35.2 Å². The molecule has 114 valence electrons. The van der Waals surface area contributed by atoms with Crippen LogP contribution in [0, 0.1) is 0 Å². The maximum absolute atomic E-state index is 13.1. The SMILES string of the molecule is CCN(C(=O)[C@@H](C)[N+]12CCN(CC1)CC2)c1ccccc1. The van der Waals surface area contributed by atoms with Crippen molar-refractivity contribution in [1.29, 1.82) is 0 Å². The number of carbonyl (C=O) groups excluding carboxylic acids is 1. The number of hydrogen-bond donors (Lipinski definition) is 0. The number of hydrogen-bond acceptors (Lipinski definition) is 2. The molecule has 0 spiro atoms. The minimum atomic E-state index is 0.0626. The van der Waals surface area contributed by atoms with Crippen LogP contribution in [0.15, 0.2) is 30.3 Å². The lowest BCUT2D eigenvalue weighted by Gasteiger charge is -2.53. The van der Waals surface area contributed by atoms with Crippen LogP contribution < -0.4 is 4.90 Å². The minimum absolute atomic E-state index is 0.0626. The molecule has 0 N–H and O–H groups in total. The van der Waals surface area contributed by atoms with Gasteiger partial charge in [-0.05, 0) is 26.0 Å². The first-order chi connectivity index (χ1) is 10.2. The Bertz CT molecular complexity index is 480. The molecule has 0 aliphatic carbocycles. The Labute approximate surface area is 127 Å². The molecule has 1 amide bonds. The van der Waals surface area contributed by atoms with Gasteiger partial charge in [0.25, 0.3) is 5.91 Å². The molecule has 3 aliphatic heterocycles. The molecule has 21 heavy (non-hydrogen) atoms. The second-order valence-electron chi connectivity index (χ2n) is 6.33. The van der Waals surface area contributed by atoms with Crippen LogP contribution in [-0.4, -0.2) is 67.1 Å². The highest BCUT2D eigenvalue weighted by atomic mass is 16.2. The van der Waals surface area contributed by atoms with E-state index < -0.39 is 0 Å². The molecule has 3 fully saturated rings. The molecule has 1 atom stereocenters. The average molecular weight is 288 g/mol. The van der Waals surface area contributed by atoms with Gasteiger partial charge in [0.1, 0.15) is 0 Å². The lowest BCUT2D eigenvalue weighted by Crippen LogP contribution is -2.72. The zero-order valence-corrected chi connectivity index (χ0v) is 13.2. The first kappa shape index (κ1) is 14.5. The largest absolute Gasteiger partial charge is 0.310 e. The number of piperazine rings is 3. The first-order valence-corrected chi connectivity index (χ1v) is 8.11. The second-order valence-corrected chi connectivity index (χ2v) is 6.33. The van der Waals surface area contributed by atoms with Crippen LogP contribution in [0.5, 0.6) is 0 Å². The Morgan fingerprint density at radius 2 is 1.76 bits per heavy atom. The molecule has 1 aromatic carbocycles. The van der Waals surface area contributed by atoms with Crippen molar-refractivity contribution < 1.29 is 9.28 Å². The summed E-state index contributed by atoms with van der Waals surface area (Å²) in [5.41, 5.74) is 1.02. The fraction of sp³-hybridized carbons (Fsp3) is 0.588. The van der Waals surface area contributed by atoms with Gasteiger partial charge in [-0.15, -0.1) is 0 Å². The van der Waals surface area contributed by atoms with E-state index in [-0.39, 0.29) is 11.9 Å². The molecule has 0 saturated carbocycles. The third-order valence-corrected chi connectivity index (χ3v) is 5.41. The van der Waals surface area contributed by atoms with Crippen LogP contribution in [0.3, 0.4) is 0 Å². The van der Waals surface area contributed by atoms with Gasteiger partial charge in [-0.1, -0.05) is 18.2 Å². The molecule has 4 nitrogen and oxygen atoms in total. The van der Waals surface area contributed by atoms with Gasteiger partial charge in [0, 0.05) is 31.9 Å². The van der Waals surface area contributed by atoms with Crippen molar-refractivity contribution in [3.8, 4) is 0 Å². The van der Waals surface area contributed by atoms with Gasteiger partial charge in [0.05, 0.1) is 19.6 Å². The number of rotatable bonds is 4. The summed E-state index contributed by atoms with van der Waals surface area (Å²) in [6, 6.07) is 10.1. The normalized spacial score (nSPS) is 29.1. The summed E-state index contributed by atoms with van der Waals surface area (Å²) in [6.45, 7) is 11.7. The van der Waals surface area contributed by atoms with Gasteiger partial charge in [0.2, 0.25) is 0 Å². The third kappa shape index (κ3) is 2.58. The lowest BCUT2D eigenvalue weighted by atomic mass is 10.0. The van der Waals surface area contributed by atoms with Crippen molar-refractivity contribution in [3.05, 3.63) is 30.3 Å². The smallest absolute Gasteiger partial charge is 0.285 e. The maximum atomic E-state index is 13.1. The molecule has 0 radical (unpaired) electrons. The highest BCUT2D eigenvalue weighted by molar-refractivity contribution is 5.96. The van der Waals surface area contributed by atoms with E-state index in [1.165, 1.54) is 0 Å². The molecule has 2 bridgehead atoms. The van der Waals surface area contributed by atoms with Gasteiger partial charge < -0.3 is 9.38 Å². The Balaban J connectivity index is 1.80. The van der Waals surface area contributed by atoms with Crippen molar-refractivity contribution in [2.75, 3.05) is 50.7 Å². The Morgan fingerprint density at radius 1 is 1.19 bits per heavy atom. The molecule has 0 aromatic heterocycles. The van der Waals surface area contributed by atoms with Crippen molar-refractivity contribution in [2.45, 2.75) is 19.9 Å². The average Bonchev–Trinajstić information content (AvgIpc) is 2.57. The summed E-state index contributed by atoms with van der Waals surface area (Å²) >= 11 is 0. The molecule has 3 saturated heterocycles. The summed E-state index contributed by atoms with van der Waals surface area (Å²) in [5, 5.41) is 0. The summed E-state index contributed by atoms with van der Waals surface area (Å²) in [5.74, 6) is 0.277. The Kier molecular flexibility index (Phi) is 4.00. The number of nitrogens with zero attached hydrogens (tertiary/aromatic N) is 3. The molecular weight excluding hydrogens is 262 g/mol. The number of amides is 1. The molecule has 1 aromatic rings. The van der Waals surface area contributed by atoms with Crippen LogP contribution in [0.4, 0.5) is 5.69 Å². The van der Waals surface area contributed by atoms with E-state index in [2.05, 4.69) is 18.7 Å². The number of benzene rings is 1. The number of anilines is 1. The standard InChI is InChI=1S/C17H26N3O/c1-3-19(16-7-5-4-6-8-16)17(21)15(2)20-12-9-18(10-13-20)11-14-20/h4-8,15H,3,9-14H2,1-2H3/q+1/t15-/m1/s1. The molecule has 4 rings (SSSR count). The van der Waals surface area contributed by atoms with Crippen LogP contribution in [0.1, 0.15) is 13.8 Å². The molecular formula is C17H26N3O+. The molecule has 3 aliphatic rings. The third-order valence-electron chi connectivity index (χ3n) is 5.41. The van der Waals surface area contributed by atoms with E-state index in [0.717, 1.165) is 56.0 Å². The predicted octanol–water partition coefficient (Wildman–Crippen LogP) is 1.57. The fourth-order valence-electron chi connectivity index (χ4n) is 3.81. The number of para-hydroxylation sites is 1. The monoisotopic (exact) mass is 288 g/mol. The first-order valence-electron chi connectivity index (χ1n) is 8.11. The summed E-state index contributed by atoms with van der Waals surface area (Å²) in [7, 11) is 0. The van der Waals surface area contributed by atoms with E-state index in [1.54, 1.807) is 0 Å². The lowest BCUT2D eigenvalue weighted by molar-refractivity contribution is -0.953. The van der Waals surface area contributed by atoms with Gasteiger partial charge in [-0.3, -0.25) is 9.69 Å². The van der Waals surface area contributed by atoms with Gasteiger partial charge in [0.15, 0.2) is 6.04 Å². The predicted molar refractivity (Wildman–Crippen MR) is 85.2 cm³/mol. The summed E-state index contributed by atoms with van der Waals surface area (Å²) < 4.78 is 0.985. The minimum Gasteiger partial charge on any atom is -0.310 e. The maximum Gasteiger partial charge on any atom is 0.285 e. The van der Waals surface area contributed by atoms with Crippen molar-refractivity contribution in [3.63, 3.8) is 0 Å². The fourth-order valence-corrected chi connectivity index (χ4v) is 3.81. The van der Waals surface area contributed by atoms with Crippen molar-refractivity contribution >= 4 is 11.6 Å². The second kappa shape index (κ2) is 5.78. The summed E-state index contributed by atoms with van der Waals surface area (Å²) in [4.78, 5) is 17.5. The van der Waals surface area contributed by atoms with Gasteiger partial charge in [-0.25, -0.2) is 0 Å². The molecule has 0 unspecified atom stereocenters. The number of carbonyl (C=O) groups is 1. The number of fused-ring (bicyclic) bond motifs is 3. The quantitative estimate of drug-likeness (QED) is 0.785. The van der Waals surface area contributed by atoms with Gasteiger partial charge in [-0.2, -0.15) is 0 Å². The van der Waals surface area contributed by atoms with Crippen LogP contribution >= 0.6 is 0 Å². The van der Waals surface area contributed by atoms with Crippen LogP contribution in [0.2, 0.25) is 0 Å². The van der Waals surface area contributed by atoms with Crippen molar-refractivity contribution in [1.82, 2.24) is 4.90 Å². The van der Waals surface area contributed by atoms with Crippen LogP contribution in [-0.2, 0) is 4.79 Å².